The summed E-state index contributed by atoms with van der Waals surface area (Å²) in [5.41, 5.74) is 1.14. The Hall–Kier alpha value is -1.25. The molecular weight excluding hydrogens is 140 g/mol. The highest BCUT2D eigenvalue weighted by Crippen LogP contribution is 2.10. The van der Waals surface area contributed by atoms with Crippen LogP contribution in [0.3, 0.4) is 0 Å². The van der Waals surface area contributed by atoms with Crippen molar-refractivity contribution < 1.29 is 4.42 Å². The Kier molecular flexibility index (Phi) is 1.42. The van der Waals surface area contributed by atoms with Gasteiger partial charge in [0.05, 0.1) is 12.8 Å². The first-order chi connectivity index (χ1) is 5.38. The Morgan fingerprint density at radius 2 is 2.55 bits per heavy atom. The lowest BCUT2D eigenvalue weighted by Crippen LogP contribution is -2.19. The van der Waals surface area contributed by atoms with E-state index in [1.807, 2.05) is 13.0 Å². The molecule has 0 atom stereocenters. The van der Waals surface area contributed by atoms with E-state index in [0.29, 0.717) is 0 Å². The average molecular weight is 150 g/mol. The molecule has 0 fully saturated rings. The number of hydrogen-bond donors (Lipinski definition) is 1. The molecule has 1 aliphatic heterocycles. The minimum Gasteiger partial charge on any atom is -0.461 e. The van der Waals surface area contributed by atoms with Gasteiger partial charge in [0.25, 0.3) is 0 Å². The number of aryl methyl sites for hydroxylation is 1. The fourth-order valence-electron chi connectivity index (χ4n) is 1.17. The first-order valence-electron chi connectivity index (χ1n) is 3.71. The molecule has 0 radical (unpaired) electrons. The van der Waals surface area contributed by atoms with Gasteiger partial charge in [-0.2, -0.15) is 0 Å². The maximum absolute atomic E-state index is 5.25. The van der Waals surface area contributed by atoms with E-state index in [-0.39, 0.29) is 0 Å². The quantitative estimate of drug-likeness (QED) is 0.646. The van der Waals surface area contributed by atoms with Crippen LogP contribution in [0.15, 0.2) is 21.7 Å². The molecule has 0 spiro atoms. The van der Waals surface area contributed by atoms with Gasteiger partial charge in [0.1, 0.15) is 0 Å². The molecule has 58 valence electrons. The topological polar surface area (TPSA) is 37.5 Å². The number of hydrogen-bond acceptors (Lipinski definition) is 3. The number of furan rings is 1. The van der Waals surface area contributed by atoms with Gasteiger partial charge in [-0.3, -0.25) is 4.99 Å². The van der Waals surface area contributed by atoms with Gasteiger partial charge in [-0.05, 0) is 18.6 Å². The predicted octanol–water partition coefficient (Wildman–Crippen LogP) is 0.938. The van der Waals surface area contributed by atoms with Crippen LogP contribution in [0.2, 0.25) is 0 Å². The van der Waals surface area contributed by atoms with E-state index in [4.69, 9.17) is 4.42 Å². The standard InChI is InChI=1S/C8H10N2O/c1-6-2-5-11-7(6)8-9-3-4-10-8/h2,5H,3-4H2,1H3,(H,9,10). The fraction of sp³-hybridized carbons (Fsp3) is 0.375. The largest absolute Gasteiger partial charge is 0.461 e. The van der Waals surface area contributed by atoms with Crippen LogP contribution >= 0.6 is 0 Å². The number of aliphatic imine (C=N–C) groups is 1. The maximum atomic E-state index is 5.25. The molecule has 0 amide bonds. The molecule has 0 saturated heterocycles. The number of nitrogens with one attached hydrogen (secondary N) is 1. The van der Waals surface area contributed by atoms with E-state index in [0.717, 1.165) is 30.2 Å². The lowest BCUT2D eigenvalue weighted by atomic mass is 10.3. The summed E-state index contributed by atoms with van der Waals surface area (Å²) in [4.78, 5) is 4.25. The molecule has 1 N–H and O–H groups in total. The van der Waals surface area contributed by atoms with E-state index < -0.39 is 0 Å². The van der Waals surface area contributed by atoms with Crippen molar-refractivity contribution in [1.82, 2.24) is 5.32 Å². The summed E-state index contributed by atoms with van der Waals surface area (Å²) in [6.07, 6.45) is 1.69. The molecule has 1 aromatic rings. The summed E-state index contributed by atoms with van der Waals surface area (Å²) in [5, 5.41) is 3.16. The van der Waals surface area contributed by atoms with Gasteiger partial charge in [-0.15, -0.1) is 0 Å². The van der Waals surface area contributed by atoms with Crippen LogP contribution in [0, 0.1) is 6.92 Å². The predicted molar refractivity (Wildman–Crippen MR) is 42.9 cm³/mol. The third kappa shape index (κ3) is 1.02. The van der Waals surface area contributed by atoms with Crippen molar-refractivity contribution in [3.8, 4) is 0 Å². The zero-order valence-corrected chi connectivity index (χ0v) is 6.42. The molecule has 0 aromatic carbocycles. The summed E-state index contributed by atoms with van der Waals surface area (Å²) in [6, 6.07) is 1.94. The van der Waals surface area contributed by atoms with Gasteiger partial charge in [-0.1, -0.05) is 0 Å². The molecule has 3 heteroatoms. The highest BCUT2D eigenvalue weighted by atomic mass is 16.3. The van der Waals surface area contributed by atoms with E-state index in [1.165, 1.54) is 0 Å². The van der Waals surface area contributed by atoms with Crippen molar-refractivity contribution in [2.75, 3.05) is 13.1 Å². The smallest absolute Gasteiger partial charge is 0.171 e. The van der Waals surface area contributed by atoms with E-state index in [1.54, 1.807) is 6.26 Å². The van der Waals surface area contributed by atoms with Crippen molar-refractivity contribution in [2.45, 2.75) is 6.92 Å². The van der Waals surface area contributed by atoms with Crippen LogP contribution in [-0.2, 0) is 0 Å². The highest BCUT2D eigenvalue weighted by Gasteiger charge is 2.12. The maximum Gasteiger partial charge on any atom is 0.171 e. The summed E-state index contributed by atoms with van der Waals surface area (Å²) >= 11 is 0. The number of rotatable bonds is 1. The highest BCUT2D eigenvalue weighted by molar-refractivity contribution is 5.98. The molecule has 11 heavy (non-hydrogen) atoms. The normalized spacial score (nSPS) is 16.3. The first-order valence-corrected chi connectivity index (χ1v) is 3.71. The SMILES string of the molecule is Cc1ccoc1C1=NCCN1. The van der Waals surface area contributed by atoms with Gasteiger partial charge < -0.3 is 9.73 Å². The van der Waals surface area contributed by atoms with Crippen LogP contribution in [-0.4, -0.2) is 18.9 Å². The molecule has 2 rings (SSSR count). The molecule has 0 bridgehead atoms. The van der Waals surface area contributed by atoms with Crippen molar-refractivity contribution >= 4 is 5.84 Å². The number of nitrogens with zero attached hydrogens (tertiary/aromatic N) is 1. The minimum absolute atomic E-state index is 0.857. The Morgan fingerprint density at radius 1 is 1.64 bits per heavy atom. The molecule has 1 aliphatic rings. The van der Waals surface area contributed by atoms with Gasteiger partial charge in [0.2, 0.25) is 0 Å². The van der Waals surface area contributed by atoms with E-state index >= 15 is 0 Å². The molecular formula is C8H10N2O. The molecule has 0 unspecified atom stereocenters. The lowest BCUT2D eigenvalue weighted by molar-refractivity contribution is 0.553. The Morgan fingerprint density at radius 3 is 3.09 bits per heavy atom. The van der Waals surface area contributed by atoms with Crippen molar-refractivity contribution in [1.29, 1.82) is 0 Å². The van der Waals surface area contributed by atoms with Crippen molar-refractivity contribution in [3.63, 3.8) is 0 Å². The molecule has 3 nitrogen and oxygen atoms in total. The molecule has 2 heterocycles. The van der Waals surface area contributed by atoms with Crippen molar-refractivity contribution in [3.05, 3.63) is 23.7 Å². The van der Waals surface area contributed by atoms with Crippen LogP contribution < -0.4 is 5.32 Å². The van der Waals surface area contributed by atoms with Crippen LogP contribution in [0.25, 0.3) is 0 Å². The molecule has 0 aliphatic carbocycles. The number of amidine groups is 1. The second-order valence-electron chi connectivity index (χ2n) is 2.59. The second kappa shape index (κ2) is 2.42. The minimum atomic E-state index is 0.857. The fourth-order valence-corrected chi connectivity index (χ4v) is 1.17. The monoisotopic (exact) mass is 150 g/mol. The average Bonchev–Trinajstić information content (AvgIpc) is 2.55. The first kappa shape index (κ1) is 6.46. The second-order valence-corrected chi connectivity index (χ2v) is 2.59. The molecule has 1 aromatic heterocycles. The van der Waals surface area contributed by atoms with E-state index in [2.05, 4.69) is 10.3 Å². The Balaban J connectivity index is 2.35. The summed E-state index contributed by atoms with van der Waals surface area (Å²) in [5.74, 6) is 1.77. The van der Waals surface area contributed by atoms with Gasteiger partial charge in [0.15, 0.2) is 11.6 Å². The zero-order valence-electron chi connectivity index (χ0n) is 6.42. The van der Waals surface area contributed by atoms with Crippen molar-refractivity contribution in [2.24, 2.45) is 4.99 Å². The molecule has 0 saturated carbocycles. The summed E-state index contributed by atoms with van der Waals surface area (Å²) in [6.45, 7) is 3.80. The zero-order chi connectivity index (χ0) is 7.68. The van der Waals surface area contributed by atoms with Crippen LogP contribution in [0.1, 0.15) is 11.3 Å². The van der Waals surface area contributed by atoms with E-state index in [9.17, 15) is 0 Å². The Bertz CT molecular complexity index is 288. The summed E-state index contributed by atoms with van der Waals surface area (Å²) in [7, 11) is 0. The summed E-state index contributed by atoms with van der Waals surface area (Å²) < 4.78 is 5.25. The third-order valence-corrected chi connectivity index (χ3v) is 1.75. The van der Waals surface area contributed by atoms with Crippen LogP contribution in [0.4, 0.5) is 0 Å². The third-order valence-electron chi connectivity index (χ3n) is 1.75. The van der Waals surface area contributed by atoms with Gasteiger partial charge in [-0.25, -0.2) is 0 Å². The van der Waals surface area contributed by atoms with Gasteiger partial charge >= 0.3 is 0 Å². The van der Waals surface area contributed by atoms with Gasteiger partial charge in [0, 0.05) is 6.54 Å². The van der Waals surface area contributed by atoms with Crippen LogP contribution in [0.5, 0.6) is 0 Å². The Labute approximate surface area is 65.1 Å². The lowest BCUT2D eigenvalue weighted by Gasteiger charge is -1.97.